The molecular formula is C25H33Cl2N3O5. The highest BCUT2D eigenvalue weighted by molar-refractivity contribution is 6.37. The van der Waals surface area contributed by atoms with Gasteiger partial charge in [0.05, 0.1) is 10.0 Å². The van der Waals surface area contributed by atoms with Crippen LogP contribution in [0.2, 0.25) is 10.0 Å². The molecule has 10 heteroatoms. The number of rotatable bonds is 11. The van der Waals surface area contributed by atoms with Gasteiger partial charge in [-0.05, 0) is 49.2 Å². The van der Waals surface area contributed by atoms with E-state index in [1.54, 1.807) is 58.5 Å². The first-order chi connectivity index (χ1) is 16.6. The molecule has 0 bridgehead atoms. The van der Waals surface area contributed by atoms with Crippen LogP contribution >= 0.6 is 23.2 Å². The first kappa shape index (κ1) is 28.6. The average Bonchev–Trinajstić information content (AvgIpc) is 2.80. The number of para-hydroxylation sites is 1. The van der Waals surface area contributed by atoms with E-state index in [4.69, 9.17) is 37.4 Å². The van der Waals surface area contributed by atoms with E-state index < -0.39 is 12.2 Å². The number of carbonyl (C=O) groups excluding carboxylic acids is 2. The summed E-state index contributed by atoms with van der Waals surface area (Å²) < 4.78 is 16.6. The molecule has 2 aromatic rings. The van der Waals surface area contributed by atoms with Gasteiger partial charge in [-0.15, -0.1) is 0 Å². The summed E-state index contributed by atoms with van der Waals surface area (Å²) in [5, 5.41) is 0.962. The average molecular weight is 526 g/mol. The summed E-state index contributed by atoms with van der Waals surface area (Å²) in [7, 11) is 6.32. The Hall–Kier alpha value is -2.68. The lowest BCUT2D eigenvalue weighted by molar-refractivity contribution is 0.161. The van der Waals surface area contributed by atoms with E-state index in [0.29, 0.717) is 35.4 Å². The number of nitrogens with zero attached hydrogens (tertiary/aromatic N) is 3. The highest BCUT2D eigenvalue weighted by atomic mass is 35.5. The Labute approximate surface area is 217 Å². The molecule has 0 saturated carbocycles. The smallest absolute Gasteiger partial charge is 0.414 e. The lowest BCUT2D eigenvalue weighted by atomic mass is 10.1. The second-order valence-corrected chi connectivity index (χ2v) is 9.11. The quantitative estimate of drug-likeness (QED) is 0.388. The van der Waals surface area contributed by atoms with Crippen molar-refractivity contribution in [3.63, 3.8) is 0 Å². The van der Waals surface area contributed by atoms with Gasteiger partial charge in [0.25, 0.3) is 0 Å². The molecule has 0 fully saturated rings. The van der Waals surface area contributed by atoms with E-state index >= 15 is 0 Å². The summed E-state index contributed by atoms with van der Waals surface area (Å²) >= 11 is 12.4. The van der Waals surface area contributed by atoms with Gasteiger partial charge in [0.1, 0.15) is 6.61 Å². The first-order valence-corrected chi connectivity index (χ1v) is 12.1. The van der Waals surface area contributed by atoms with Crippen LogP contribution in [0.15, 0.2) is 36.4 Å². The zero-order valence-corrected chi connectivity index (χ0v) is 22.4. The molecule has 0 spiro atoms. The minimum atomic E-state index is -0.563. The monoisotopic (exact) mass is 525 g/mol. The molecule has 0 saturated heterocycles. The second kappa shape index (κ2) is 14.0. The minimum Gasteiger partial charge on any atom is -0.489 e. The summed E-state index contributed by atoms with van der Waals surface area (Å²) in [6.45, 7) is 4.89. The first-order valence-electron chi connectivity index (χ1n) is 11.3. The maximum atomic E-state index is 12.1. The van der Waals surface area contributed by atoms with Crippen LogP contribution in [0.5, 0.6) is 17.2 Å². The lowest BCUT2D eigenvalue weighted by Gasteiger charge is -2.22. The topological polar surface area (TPSA) is 71.5 Å². The molecular weight excluding hydrogens is 493 g/mol. The molecule has 0 aromatic heterocycles. The van der Waals surface area contributed by atoms with Crippen LogP contribution < -0.4 is 14.2 Å². The van der Waals surface area contributed by atoms with Crippen molar-refractivity contribution in [3.05, 3.63) is 52.0 Å². The van der Waals surface area contributed by atoms with Crippen LogP contribution in [0.25, 0.3) is 0 Å². The Morgan fingerprint density at radius 1 is 0.829 bits per heavy atom. The van der Waals surface area contributed by atoms with E-state index in [2.05, 4.69) is 11.8 Å². The number of halogens is 2. The van der Waals surface area contributed by atoms with Gasteiger partial charge in [0.2, 0.25) is 0 Å². The molecule has 0 radical (unpaired) electrons. The van der Waals surface area contributed by atoms with E-state index in [-0.39, 0.29) is 11.5 Å². The minimum absolute atomic E-state index is 0.179. The highest BCUT2D eigenvalue weighted by Crippen LogP contribution is 2.32. The van der Waals surface area contributed by atoms with Crippen molar-refractivity contribution >= 4 is 35.4 Å². The Kier molecular flexibility index (Phi) is 11.4. The molecule has 0 N–H and O–H groups in total. The largest absolute Gasteiger partial charge is 0.489 e. The SMILES string of the molecule is CCCN(CCOc1c(Cl)cccc1Cl)CCc1ccc(OC(=O)N(C)C)c(OC(=O)N(C)C)c1. The van der Waals surface area contributed by atoms with Crippen molar-refractivity contribution in [1.29, 1.82) is 0 Å². The van der Waals surface area contributed by atoms with Crippen LogP contribution in [-0.2, 0) is 6.42 Å². The number of hydrogen-bond acceptors (Lipinski definition) is 6. The van der Waals surface area contributed by atoms with Crippen LogP contribution in [-0.4, -0.2) is 81.3 Å². The van der Waals surface area contributed by atoms with E-state index in [9.17, 15) is 9.59 Å². The molecule has 35 heavy (non-hydrogen) atoms. The molecule has 0 aliphatic heterocycles. The number of hydrogen-bond donors (Lipinski definition) is 0. The van der Waals surface area contributed by atoms with Crippen molar-refractivity contribution < 1.29 is 23.8 Å². The Morgan fingerprint density at radius 2 is 1.43 bits per heavy atom. The molecule has 2 amide bonds. The fourth-order valence-corrected chi connectivity index (χ4v) is 3.59. The van der Waals surface area contributed by atoms with Gasteiger partial charge in [-0.2, -0.15) is 0 Å². The third kappa shape index (κ3) is 9.12. The van der Waals surface area contributed by atoms with Gasteiger partial charge < -0.3 is 24.0 Å². The summed E-state index contributed by atoms with van der Waals surface area (Å²) in [5.74, 6) is 0.857. The number of amides is 2. The fourth-order valence-electron chi connectivity index (χ4n) is 3.08. The van der Waals surface area contributed by atoms with Gasteiger partial charge in [-0.1, -0.05) is 42.3 Å². The summed E-state index contributed by atoms with van der Waals surface area (Å²) in [4.78, 5) is 29.0. The van der Waals surface area contributed by atoms with Crippen LogP contribution in [0.4, 0.5) is 9.59 Å². The van der Waals surface area contributed by atoms with Gasteiger partial charge >= 0.3 is 12.2 Å². The predicted molar refractivity (Wildman–Crippen MR) is 138 cm³/mol. The molecule has 2 rings (SSSR count). The normalized spacial score (nSPS) is 10.7. The summed E-state index contributed by atoms with van der Waals surface area (Å²) in [5.41, 5.74) is 0.937. The summed E-state index contributed by atoms with van der Waals surface area (Å²) in [6.07, 6.45) is 0.555. The molecule has 8 nitrogen and oxygen atoms in total. The van der Waals surface area contributed by atoms with Crippen molar-refractivity contribution in [2.24, 2.45) is 0 Å². The van der Waals surface area contributed by atoms with Gasteiger partial charge in [-0.3, -0.25) is 4.90 Å². The zero-order valence-electron chi connectivity index (χ0n) is 20.8. The molecule has 0 aliphatic rings. The molecule has 0 unspecified atom stereocenters. The molecule has 2 aromatic carbocycles. The maximum absolute atomic E-state index is 12.1. The van der Waals surface area contributed by atoms with Gasteiger partial charge in [0, 0.05) is 41.3 Å². The number of carbonyl (C=O) groups is 2. The van der Waals surface area contributed by atoms with E-state index in [1.165, 1.54) is 9.80 Å². The third-order valence-electron chi connectivity index (χ3n) is 4.96. The van der Waals surface area contributed by atoms with Gasteiger partial charge in [0.15, 0.2) is 17.2 Å². The molecule has 0 heterocycles. The van der Waals surface area contributed by atoms with Crippen molar-refractivity contribution in [3.8, 4) is 17.2 Å². The Morgan fingerprint density at radius 3 is 2.00 bits per heavy atom. The zero-order chi connectivity index (χ0) is 26.0. The third-order valence-corrected chi connectivity index (χ3v) is 5.56. The van der Waals surface area contributed by atoms with E-state index in [1.807, 2.05) is 6.07 Å². The van der Waals surface area contributed by atoms with E-state index in [0.717, 1.165) is 25.1 Å². The number of benzene rings is 2. The van der Waals surface area contributed by atoms with Crippen molar-refractivity contribution in [2.45, 2.75) is 19.8 Å². The van der Waals surface area contributed by atoms with Crippen LogP contribution in [0.3, 0.4) is 0 Å². The standard InChI is InChI=1S/C25H33Cl2N3O5/c1-6-13-30(15-16-33-23-19(26)8-7-9-20(23)27)14-12-18-10-11-21(34-24(31)28(2)3)22(17-18)35-25(32)29(4)5/h7-11,17H,6,12-16H2,1-5H3. The predicted octanol–water partition coefficient (Wildman–Crippen LogP) is 5.45. The molecule has 0 atom stereocenters. The van der Waals surface area contributed by atoms with Crippen molar-refractivity contribution in [1.82, 2.24) is 14.7 Å². The second-order valence-electron chi connectivity index (χ2n) is 8.30. The Balaban J connectivity index is 2.06. The number of ether oxygens (including phenoxy) is 3. The highest BCUT2D eigenvalue weighted by Gasteiger charge is 2.17. The molecule has 0 aliphatic carbocycles. The maximum Gasteiger partial charge on any atom is 0.414 e. The van der Waals surface area contributed by atoms with Gasteiger partial charge in [-0.25, -0.2) is 9.59 Å². The van der Waals surface area contributed by atoms with Crippen molar-refractivity contribution in [2.75, 3.05) is 54.4 Å². The lowest BCUT2D eigenvalue weighted by Crippen LogP contribution is -2.31. The summed E-state index contributed by atoms with van der Waals surface area (Å²) in [6, 6.07) is 10.5. The van der Waals surface area contributed by atoms with Crippen LogP contribution in [0.1, 0.15) is 18.9 Å². The fraction of sp³-hybridized carbons (Fsp3) is 0.440. The Bertz CT molecular complexity index is 981. The van der Waals surface area contributed by atoms with Crippen LogP contribution in [0, 0.1) is 0 Å². The molecule has 192 valence electrons.